The van der Waals surface area contributed by atoms with Gasteiger partial charge in [-0.3, -0.25) is 4.90 Å². The Morgan fingerprint density at radius 1 is 1.25 bits per heavy atom. The first-order chi connectivity index (χ1) is 9.61. The molecule has 1 fully saturated rings. The van der Waals surface area contributed by atoms with Crippen LogP contribution in [0.4, 0.5) is 10.9 Å². The van der Waals surface area contributed by atoms with Crippen LogP contribution in [-0.4, -0.2) is 33.4 Å². The maximum atomic E-state index is 4.67. The molecule has 106 valence electrons. The molecule has 3 rings (SSSR count). The number of hydrogen-bond donors (Lipinski definition) is 1. The fourth-order valence-electron chi connectivity index (χ4n) is 2.56. The normalized spacial score (nSPS) is 19.4. The van der Waals surface area contributed by atoms with Crippen LogP contribution in [0.15, 0.2) is 11.4 Å². The van der Waals surface area contributed by atoms with Crippen molar-refractivity contribution in [3.05, 3.63) is 28.7 Å². The van der Waals surface area contributed by atoms with E-state index in [4.69, 9.17) is 0 Å². The van der Waals surface area contributed by atoms with Crippen molar-refractivity contribution in [3.63, 3.8) is 0 Å². The number of thiazole rings is 1. The van der Waals surface area contributed by atoms with Crippen LogP contribution >= 0.6 is 11.3 Å². The average Bonchev–Trinajstić information content (AvgIpc) is 2.97. The summed E-state index contributed by atoms with van der Waals surface area (Å²) in [5, 5.41) is 6.19. The molecule has 1 atom stereocenters. The van der Waals surface area contributed by atoms with Gasteiger partial charge in [-0.15, -0.1) is 11.3 Å². The Kier molecular flexibility index (Phi) is 3.67. The van der Waals surface area contributed by atoms with Gasteiger partial charge in [0.25, 0.3) is 0 Å². The first-order valence-corrected chi connectivity index (χ1v) is 7.75. The van der Waals surface area contributed by atoms with Gasteiger partial charge in [-0.25, -0.2) is 15.0 Å². The zero-order chi connectivity index (χ0) is 14.1. The van der Waals surface area contributed by atoms with Gasteiger partial charge < -0.3 is 5.32 Å². The van der Waals surface area contributed by atoms with E-state index >= 15 is 0 Å². The third kappa shape index (κ3) is 2.81. The van der Waals surface area contributed by atoms with E-state index in [0.29, 0.717) is 6.04 Å². The number of hydrogen-bond acceptors (Lipinski definition) is 6. The standard InChI is InChI=1S/C14H19N5S/c1-9-7-12(18-14-16-10(2)8-20-14)17-13(15-9)11-5-4-6-19(11)3/h7-8,11H,4-6H2,1-3H3,(H,15,16,17,18). The molecular weight excluding hydrogens is 270 g/mol. The maximum Gasteiger partial charge on any atom is 0.188 e. The Labute approximate surface area is 123 Å². The first-order valence-electron chi connectivity index (χ1n) is 6.87. The number of anilines is 2. The molecule has 1 aliphatic rings. The van der Waals surface area contributed by atoms with Crippen molar-refractivity contribution in [2.75, 3.05) is 18.9 Å². The van der Waals surface area contributed by atoms with Crippen LogP contribution in [0.3, 0.4) is 0 Å². The molecular formula is C14H19N5S. The second-order valence-corrected chi connectivity index (χ2v) is 6.17. The average molecular weight is 289 g/mol. The molecule has 0 spiro atoms. The van der Waals surface area contributed by atoms with E-state index < -0.39 is 0 Å². The topological polar surface area (TPSA) is 53.9 Å². The molecule has 2 aromatic heterocycles. The van der Waals surface area contributed by atoms with E-state index in [-0.39, 0.29) is 0 Å². The minimum atomic E-state index is 0.341. The minimum absolute atomic E-state index is 0.341. The van der Waals surface area contributed by atoms with E-state index in [1.807, 2.05) is 25.3 Å². The predicted molar refractivity (Wildman–Crippen MR) is 81.5 cm³/mol. The van der Waals surface area contributed by atoms with Crippen LogP contribution < -0.4 is 5.32 Å². The molecule has 0 aliphatic carbocycles. The molecule has 3 heterocycles. The van der Waals surface area contributed by atoms with Crippen molar-refractivity contribution in [3.8, 4) is 0 Å². The van der Waals surface area contributed by atoms with E-state index in [2.05, 4.69) is 32.2 Å². The zero-order valence-electron chi connectivity index (χ0n) is 12.1. The lowest BCUT2D eigenvalue weighted by atomic mass is 10.2. The molecule has 1 unspecified atom stereocenters. The molecule has 20 heavy (non-hydrogen) atoms. The van der Waals surface area contributed by atoms with Gasteiger partial charge in [0.1, 0.15) is 11.6 Å². The number of rotatable bonds is 3. The molecule has 0 radical (unpaired) electrons. The second-order valence-electron chi connectivity index (χ2n) is 5.31. The molecule has 0 saturated carbocycles. The van der Waals surface area contributed by atoms with Crippen molar-refractivity contribution < 1.29 is 0 Å². The summed E-state index contributed by atoms with van der Waals surface area (Å²) in [6.45, 7) is 5.13. The van der Waals surface area contributed by atoms with Crippen LogP contribution in [0.25, 0.3) is 0 Å². The highest BCUT2D eigenvalue weighted by Crippen LogP contribution is 2.29. The lowest BCUT2D eigenvalue weighted by Crippen LogP contribution is -2.20. The van der Waals surface area contributed by atoms with Crippen LogP contribution in [0.2, 0.25) is 0 Å². The Balaban J connectivity index is 1.86. The summed E-state index contributed by atoms with van der Waals surface area (Å²) in [7, 11) is 2.14. The summed E-state index contributed by atoms with van der Waals surface area (Å²) < 4.78 is 0. The number of aryl methyl sites for hydroxylation is 2. The molecule has 6 heteroatoms. The van der Waals surface area contributed by atoms with Gasteiger partial charge in [-0.1, -0.05) is 0 Å². The molecule has 5 nitrogen and oxygen atoms in total. The van der Waals surface area contributed by atoms with Crippen LogP contribution in [0.1, 0.15) is 36.1 Å². The van der Waals surface area contributed by atoms with Gasteiger partial charge in [0.15, 0.2) is 5.13 Å². The summed E-state index contributed by atoms with van der Waals surface area (Å²) >= 11 is 1.60. The highest BCUT2D eigenvalue weighted by atomic mass is 32.1. The maximum absolute atomic E-state index is 4.67. The number of nitrogens with one attached hydrogen (secondary N) is 1. The van der Waals surface area contributed by atoms with Crippen molar-refractivity contribution in [2.45, 2.75) is 32.7 Å². The molecule has 1 saturated heterocycles. The Morgan fingerprint density at radius 2 is 2.10 bits per heavy atom. The number of aromatic nitrogens is 3. The summed E-state index contributed by atoms with van der Waals surface area (Å²) in [4.78, 5) is 16.0. The Morgan fingerprint density at radius 3 is 2.75 bits per heavy atom. The van der Waals surface area contributed by atoms with Gasteiger partial charge in [0, 0.05) is 17.1 Å². The quantitative estimate of drug-likeness (QED) is 0.941. The summed E-state index contributed by atoms with van der Waals surface area (Å²) in [5.74, 6) is 1.75. The van der Waals surface area contributed by atoms with E-state index in [1.54, 1.807) is 11.3 Å². The summed E-state index contributed by atoms with van der Waals surface area (Å²) in [6.07, 6.45) is 2.35. The third-order valence-corrected chi connectivity index (χ3v) is 4.42. The molecule has 1 N–H and O–H groups in total. The van der Waals surface area contributed by atoms with Gasteiger partial charge in [-0.05, 0) is 40.3 Å². The second kappa shape index (κ2) is 5.46. The first kappa shape index (κ1) is 13.5. The molecule has 1 aliphatic heterocycles. The summed E-state index contributed by atoms with van der Waals surface area (Å²) in [5.41, 5.74) is 2.02. The minimum Gasteiger partial charge on any atom is -0.316 e. The highest BCUT2D eigenvalue weighted by Gasteiger charge is 2.25. The Bertz CT molecular complexity index is 609. The fourth-order valence-corrected chi connectivity index (χ4v) is 3.26. The number of likely N-dealkylation sites (tertiary alicyclic amines) is 1. The molecule has 2 aromatic rings. The smallest absolute Gasteiger partial charge is 0.188 e. The van der Waals surface area contributed by atoms with Gasteiger partial charge in [0.2, 0.25) is 0 Å². The highest BCUT2D eigenvalue weighted by molar-refractivity contribution is 7.13. The van der Waals surface area contributed by atoms with Gasteiger partial charge >= 0.3 is 0 Å². The van der Waals surface area contributed by atoms with Crippen LogP contribution in [0.5, 0.6) is 0 Å². The van der Waals surface area contributed by atoms with E-state index in [9.17, 15) is 0 Å². The molecule has 0 aromatic carbocycles. The summed E-state index contributed by atoms with van der Waals surface area (Å²) in [6, 6.07) is 2.31. The zero-order valence-corrected chi connectivity index (χ0v) is 12.9. The largest absolute Gasteiger partial charge is 0.316 e. The van der Waals surface area contributed by atoms with Crippen molar-refractivity contribution in [1.82, 2.24) is 19.9 Å². The SMILES string of the molecule is Cc1cc(Nc2nc(C)cs2)nc(C2CCCN2C)n1. The van der Waals surface area contributed by atoms with Gasteiger partial charge in [-0.2, -0.15) is 0 Å². The van der Waals surface area contributed by atoms with Crippen LogP contribution in [-0.2, 0) is 0 Å². The lowest BCUT2D eigenvalue weighted by Gasteiger charge is -2.18. The lowest BCUT2D eigenvalue weighted by molar-refractivity contribution is 0.305. The fraction of sp³-hybridized carbons (Fsp3) is 0.500. The van der Waals surface area contributed by atoms with Crippen LogP contribution in [0, 0.1) is 13.8 Å². The molecule has 0 amide bonds. The predicted octanol–water partition coefficient (Wildman–Crippen LogP) is 3.06. The third-order valence-electron chi connectivity index (χ3n) is 3.54. The van der Waals surface area contributed by atoms with Crippen molar-refractivity contribution in [2.24, 2.45) is 0 Å². The Hall–Kier alpha value is -1.53. The molecule has 0 bridgehead atoms. The van der Waals surface area contributed by atoms with Crippen molar-refractivity contribution >= 4 is 22.3 Å². The van der Waals surface area contributed by atoms with Gasteiger partial charge in [0.05, 0.1) is 11.7 Å². The van der Waals surface area contributed by atoms with Crippen molar-refractivity contribution in [1.29, 1.82) is 0 Å². The van der Waals surface area contributed by atoms with E-state index in [1.165, 1.54) is 6.42 Å². The monoisotopic (exact) mass is 289 g/mol. The number of nitrogens with zero attached hydrogens (tertiary/aromatic N) is 4. The van der Waals surface area contributed by atoms with E-state index in [0.717, 1.165) is 41.1 Å².